The Balaban J connectivity index is 2.02. The molecule has 0 unspecified atom stereocenters. The first kappa shape index (κ1) is 17.4. The van der Waals surface area contributed by atoms with E-state index in [1.807, 2.05) is 24.3 Å². The minimum atomic E-state index is -0.370. The maximum absolute atomic E-state index is 12.3. The summed E-state index contributed by atoms with van der Waals surface area (Å²) in [5.41, 5.74) is 7.41. The molecule has 1 aromatic heterocycles. The van der Waals surface area contributed by atoms with Crippen molar-refractivity contribution < 1.29 is 4.74 Å². The first-order valence-corrected chi connectivity index (χ1v) is 8.08. The van der Waals surface area contributed by atoms with E-state index in [0.717, 1.165) is 22.4 Å². The number of ether oxygens (including phenoxy) is 1. The zero-order valence-electron chi connectivity index (χ0n) is 14.3. The molecule has 6 heteroatoms. The number of nitrogens with one attached hydrogen (secondary N) is 2. The molecule has 6 nitrogen and oxygen atoms in total. The highest BCUT2D eigenvalue weighted by Crippen LogP contribution is 2.11. The molecular weight excluding hydrogens is 330 g/mol. The van der Waals surface area contributed by atoms with Crippen molar-refractivity contribution in [1.82, 2.24) is 9.97 Å². The molecule has 3 rings (SSSR count). The van der Waals surface area contributed by atoms with E-state index in [0.29, 0.717) is 6.54 Å². The molecule has 1 heterocycles. The third kappa shape index (κ3) is 3.99. The van der Waals surface area contributed by atoms with E-state index in [1.54, 1.807) is 43.5 Å². The van der Waals surface area contributed by atoms with Gasteiger partial charge in [0.1, 0.15) is 16.4 Å². The van der Waals surface area contributed by atoms with Crippen molar-refractivity contribution in [3.05, 3.63) is 96.6 Å². The summed E-state index contributed by atoms with van der Waals surface area (Å²) >= 11 is 0. The number of H-pyrrole nitrogens is 2. The minimum Gasteiger partial charge on any atom is -0.497 e. The molecule has 0 fully saturated rings. The first-order valence-electron chi connectivity index (χ1n) is 8.08. The Hall–Kier alpha value is -3.38. The van der Waals surface area contributed by atoms with Gasteiger partial charge in [0.05, 0.1) is 7.11 Å². The minimum absolute atomic E-state index is 0.191. The van der Waals surface area contributed by atoms with Crippen molar-refractivity contribution >= 4 is 12.2 Å². The molecule has 0 spiro atoms. The van der Waals surface area contributed by atoms with Crippen molar-refractivity contribution in [2.45, 2.75) is 6.54 Å². The van der Waals surface area contributed by atoms with Gasteiger partial charge in [-0.25, -0.2) is 0 Å². The maximum atomic E-state index is 12.3. The SMILES string of the molecule is COc1ccc(/C=c2\[nH]c(=O)/c(=C/c3ccc(CN)cc3)[nH]c2=O)cc1. The Morgan fingerprint density at radius 1 is 0.846 bits per heavy atom. The average molecular weight is 349 g/mol. The van der Waals surface area contributed by atoms with Gasteiger partial charge in [0.25, 0.3) is 11.1 Å². The van der Waals surface area contributed by atoms with Gasteiger partial charge in [0, 0.05) is 6.54 Å². The van der Waals surface area contributed by atoms with Crippen LogP contribution in [0.15, 0.2) is 58.1 Å². The van der Waals surface area contributed by atoms with Crippen LogP contribution in [0.5, 0.6) is 5.75 Å². The molecule has 0 saturated heterocycles. The van der Waals surface area contributed by atoms with Gasteiger partial charge in [-0.3, -0.25) is 9.59 Å². The van der Waals surface area contributed by atoms with Gasteiger partial charge in [-0.05, 0) is 41.0 Å². The van der Waals surface area contributed by atoms with Gasteiger partial charge in [0.15, 0.2) is 0 Å². The molecule has 26 heavy (non-hydrogen) atoms. The molecule has 0 radical (unpaired) electrons. The van der Waals surface area contributed by atoms with E-state index < -0.39 is 0 Å². The van der Waals surface area contributed by atoms with Crippen LogP contribution in [0.1, 0.15) is 16.7 Å². The number of hydrogen-bond acceptors (Lipinski definition) is 4. The van der Waals surface area contributed by atoms with E-state index in [4.69, 9.17) is 10.5 Å². The molecule has 0 amide bonds. The van der Waals surface area contributed by atoms with E-state index in [2.05, 4.69) is 9.97 Å². The van der Waals surface area contributed by atoms with Gasteiger partial charge < -0.3 is 20.4 Å². The van der Waals surface area contributed by atoms with Gasteiger partial charge in [-0.2, -0.15) is 0 Å². The number of rotatable bonds is 4. The molecule has 0 saturated carbocycles. The summed E-state index contributed by atoms with van der Waals surface area (Å²) in [7, 11) is 1.58. The molecule has 0 aliphatic heterocycles. The largest absolute Gasteiger partial charge is 0.497 e. The predicted octanol–water partition coefficient (Wildman–Crippen LogP) is 0.188. The fourth-order valence-corrected chi connectivity index (χ4v) is 2.48. The van der Waals surface area contributed by atoms with Crippen LogP contribution in [0, 0.1) is 0 Å². The summed E-state index contributed by atoms with van der Waals surface area (Å²) in [6.07, 6.45) is 3.23. The number of methoxy groups -OCH3 is 1. The Bertz CT molecular complexity index is 1030. The summed E-state index contributed by atoms with van der Waals surface area (Å²) < 4.78 is 5.10. The molecule has 0 bridgehead atoms. The Morgan fingerprint density at radius 3 is 1.73 bits per heavy atom. The third-order valence-corrected chi connectivity index (χ3v) is 3.94. The van der Waals surface area contributed by atoms with Crippen LogP contribution in [0.2, 0.25) is 0 Å². The Labute approximate surface area is 149 Å². The second-order valence-electron chi connectivity index (χ2n) is 5.74. The summed E-state index contributed by atoms with van der Waals surface area (Å²) in [6, 6.07) is 14.6. The second-order valence-corrected chi connectivity index (χ2v) is 5.74. The highest BCUT2D eigenvalue weighted by Gasteiger charge is 1.98. The van der Waals surface area contributed by atoms with Crippen LogP contribution in [-0.2, 0) is 6.54 Å². The average Bonchev–Trinajstić information content (AvgIpc) is 2.67. The van der Waals surface area contributed by atoms with Crippen molar-refractivity contribution in [3.8, 4) is 5.75 Å². The lowest BCUT2D eigenvalue weighted by Gasteiger charge is -1.99. The van der Waals surface area contributed by atoms with E-state index in [-0.39, 0.29) is 21.8 Å². The highest BCUT2D eigenvalue weighted by atomic mass is 16.5. The fourth-order valence-electron chi connectivity index (χ4n) is 2.48. The smallest absolute Gasteiger partial charge is 0.272 e. The molecule has 0 atom stereocenters. The molecule has 4 N–H and O–H groups in total. The topological polar surface area (TPSA) is 101 Å². The normalized spacial score (nSPS) is 12.4. The second kappa shape index (κ2) is 7.67. The molecule has 3 aromatic rings. The number of benzene rings is 2. The summed E-state index contributed by atoms with van der Waals surface area (Å²) in [5, 5.41) is 0.387. The third-order valence-electron chi connectivity index (χ3n) is 3.94. The van der Waals surface area contributed by atoms with Crippen LogP contribution >= 0.6 is 0 Å². The monoisotopic (exact) mass is 349 g/mol. The van der Waals surface area contributed by atoms with Crippen LogP contribution < -0.4 is 32.3 Å². The van der Waals surface area contributed by atoms with E-state index >= 15 is 0 Å². The van der Waals surface area contributed by atoms with Crippen LogP contribution in [-0.4, -0.2) is 17.1 Å². The Kier molecular flexibility index (Phi) is 5.15. The lowest BCUT2D eigenvalue weighted by molar-refractivity contribution is 0.415. The van der Waals surface area contributed by atoms with Gasteiger partial charge in [-0.1, -0.05) is 36.4 Å². The van der Waals surface area contributed by atoms with Crippen molar-refractivity contribution in [2.24, 2.45) is 5.73 Å². The Morgan fingerprint density at radius 2 is 1.31 bits per heavy atom. The number of hydrogen-bond donors (Lipinski definition) is 3. The van der Waals surface area contributed by atoms with E-state index in [1.165, 1.54) is 0 Å². The molecular formula is C20H19N3O3. The van der Waals surface area contributed by atoms with Crippen molar-refractivity contribution in [3.63, 3.8) is 0 Å². The standard InChI is InChI=1S/C20H19N3O3/c1-26-16-8-6-14(7-9-16)11-18-20(25)22-17(19(24)23-18)10-13-2-4-15(12-21)5-3-13/h2-11H,12,21H2,1H3,(H,22,25)(H,23,24)/b17-10-,18-11-. The number of aromatic nitrogens is 2. The lowest BCUT2D eigenvalue weighted by Crippen LogP contribution is -2.46. The fraction of sp³-hybridized carbons (Fsp3) is 0.100. The molecule has 0 aliphatic rings. The number of aromatic amines is 2. The zero-order chi connectivity index (χ0) is 18.5. The van der Waals surface area contributed by atoms with Crippen LogP contribution in [0.25, 0.3) is 12.2 Å². The molecule has 0 aliphatic carbocycles. The molecule has 2 aromatic carbocycles. The van der Waals surface area contributed by atoms with Gasteiger partial charge in [-0.15, -0.1) is 0 Å². The quantitative estimate of drug-likeness (QED) is 0.626. The van der Waals surface area contributed by atoms with Crippen molar-refractivity contribution in [1.29, 1.82) is 0 Å². The maximum Gasteiger partial charge on any atom is 0.272 e. The molecule has 132 valence electrons. The van der Waals surface area contributed by atoms with Crippen LogP contribution in [0.4, 0.5) is 0 Å². The lowest BCUT2D eigenvalue weighted by atomic mass is 10.1. The van der Waals surface area contributed by atoms with Gasteiger partial charge in [0.2, 0.25) is 0 Å². The van der Waals surface area contributed by atoms with Gasteiger partial charge >= 0.3 is 0 Å². The van der Waals surface area contributed by atoms with Crippen LogP contribution in [0.3, 0.4) is 0 Å². The first-order chi connectivity index (χ1) is 12.6. The van der Waals surface area contributed by atoms with Crippen molar-refractivity contribution in [2.75, 3.05) is 7.11 Å². The summed E-state index contributed by atoms with van der Waals surface area (Å²) in [5.74, 6) is 0.718. The zero-order valence-corrected chi connectivity index (χ0v) is 14.3. The summed E-state index contributed by atoms with van der Waals surface area (Å²) in [4.78, 5) is 29.8. The summed E-state index contributed by atoms with van der Waals surface area (Å²) in [6.45, 7) is 0.452. The van der Waals surface area contributed by atoms with E-state index in [9.17, 15) is 9.59 Å². The number of nitrogens with two attached hydrogens (primary N) is 1. The predicted molar refractivity (Wildman–Crippen MR) is 101 cm³/mol. The highest BCUT2D eigenvalue weighted by molar-refractivity contribution is 5.50.